The molecule has 0 fully saturated rings. The SMILES string of the molecule is CC[C@@H](C)[C@@](C)(O)CN. The molecule has 0 spiro atoms. The normalized spacial score (nSPS) is 21.0. The lowest BCUT2D eigenvalue weighted by atomic mass is 9.89. The van der Waals surface area contributed by atoms with Gasteiger partial charge in [-0.15, -0.1) is 0 Å². The van der Waals surface area contributed by atoms with Gasteiger partial charge in [0.1, 0.15) is 0 Å². The maximum absolute atomic E-state index is 9.47. The van der Waals surface area contributed by atoms with Gasteiger partial charge in [-0.05, 0) is 12.8 Å². The molecule has 0 saturated heterocycles. The van der Waals surface area contributed by atoms with Crippen LogP contribution in [0.15, 0.2) is 0 Å². The van der Waals surface area contributed by atoms with Crippen molar-refractivity contribution in [3.8, 4) is 0 Å². The van der Waals surface area contributed by atoms with E-state index >= 15 is 0 Å². The largest absolute Gasteiger partial charge is 0.389 e. The van der Waals surface area contributed by atoms with Crippen LogP contribution in [0.3, 0.4) is 0 Å². The molecule has 0 aliphatic rings. The summed E-state index contributed by atoms with van der Waals surface area (Å²) in [6, 6.07) is 0. The first-order valence-electron chi connectivity index (χ1n) is 3.47. The molecule has 56 valence electrons. The van der Waals surface area contributed by atoms with Gasteiger partial charge in [-0.1, -0.05) is 20.3 Å². The zero-order chi connectivity index (χ0) is 7.49. The highest BCUT2D eigenvalue weighted by molar-refractivity contribution is 4.78. The molecule has 2 nitrogen and oxygen atoms in total. The summed E-state index contributed by atoms with van der Waals surface area (Å²) in [7, 11) is 0. The van der Waals surface area contributed by atoms with Crippen LogP contribution >= 0.6 is 0 Å². The Kier molecular flexibility index (Phi) is 3.15. The molecule has 0 radical (unpaired) electrons. The van der Waals surface area contributed by atoms with E-state index in [4.69, 9.17) is 5.73 Å². The molecule has 2 atom stereocenters. The minimum Gasteiger partial charge on any atom is -0.389 e. The zero-order valence-corrected chi connectivity index (χ0v) is 6.52. The van der Waals surface area contributed by atoms with Gasteiger partial charge in [-0.2, -0.15) is 0 Å². The standard InChI is InChI=1S/C7H17NO/c1-4-6(2)7(3,9)5-8/h6,9H,4-5,8H2,1-3H3/t6-,7+/m1/s1. The smallest absolute Gasteiger partial charge is 0.0766 e. The van der Waals surface area contributed by atoms with Crippen LogP contribution < -0.4 is 5.73 Å². The summed E-state index contributed by atoms with van der Waals surface area (Å²) in [5.41, 5.74) is 4.66. The van der Waals surface area contributed by atoms with Crippen molar-refractivity contribution < 1.29 is 5.11 Å². The Labute approximate surface area is 57.1 Å². The quantitative estimate of drug-likeness (QED) is 0.593. The average molecular weight is 131 g/mol. The van der Waals surface area contributed by atoms with E-state index in [9.17, 15) is 5.11 Å². The molecule has 0 aromatic rings. The minimum atomic E-state index is -0.672. The molecule has 0 bridgehead atoms. The van der Waals surface area contributed by atoms with E-state index in [0.717, 1.165) is 6.42 Å². The predicted molar refractivity (Wildman–Crippen MR) is 39.1 cm³/mol. The highest BCUT2D eigenvalue weighted by Gasteiger charge is 2.24. The fourth-order valence-corrected chi connectivity index (χ4v) is 0.641. The van der Waals surface area contributed by atoms with Crippen molar-refractivity contribution in [3.05, 3.63) is 0 Å². The van der Waals surface area contributed by atoms with Gasteiger partial charge in [0.2, 0.25) is 0 Å². The lowest BCUT2D eigenvalue weighted by molar-refractivity contribution is 0.0135. The minimum absolute atomic E-state index is 0.294. The molecular weight excluding hydrogens is 114 g/mol. The van der Waals surface area contributed by atoms with E-state index in [1.54, 1.807) is 6.92 Å². The summed E-state index contributed by atoms with van der Waals surface area (Å²) in [5, 5.41) is 9.47. The Hall–Kier alpha value is -0.0800. The highest BCUT2D eigenvalue weighted by Crippen LogP contribution is 2.17. The van der Waals surface area contributed by atoms with E-state index in [1.807, 2.05) is 6.92 Å². The van der Waals surface area contributed by atoms with Crippen LogP contribution in [0, 0.1) is 5.92 Å². The van der Waals surface area contributed by atoms with Gasteiger partial charge >= 0.3 is 0 Å². The van der Waals surface area contributed by atoms with Gasteiger partial charge in [-0.3, -0.25) is 0 Å². The van der Waals surface area contributed by atoms with Crippen molar-refractivity contribution in [3.63, 3.8) is 0 Å². The second kappa shape index (κ2) is 3.18. The van der Waals surface area contributed by atoms with E-state index in [0.29, 0.717) is 12.5 Å². The summed E-state index contributed by atoms with van der Waals surface area (Å²) >= 11 is 0. The molecule has 0 aromatic carbocycles. The number of rotatable bonds is 3. The molecule has 0 heterocycles. The first kappa shape index (κ1) is 8.92. The van der Waals surface area contributed by atoms with Crippen molar-refractivity contribution in [2.75, 3.05) is 6.54 Å². The Morgan fingerprint density at radius 3 is 2.22 bits per heavy atom. The molecule has 0 unspecified atom stereocenters. The van der Waals surface area contributed by atoms with Crippen LogP contribution in [-0.2, 0) is 0 Å². The number of hydrogen-bond acceptors (Lipinski definition) is 2. The van der Waals surface area contributed by atoms with E-state index in [1.165, 1.54) is 0 Å². The molecule has 0 amide bonds. The maximum atomic E-state index is 9.47. The monoisotopic (exact) mass is 131 g/mol. The molecule has 9 heavy (non-hydrogen) atoms. The van der Waals surface area contributed by atoms with Crippen molar-refractivity contribution in [2.45, 2.75) is 32.8 Å². The molecule has 0 aliphatic carbocycles. The van der Waals surface area contributed by atoms with Gasteiger partial charge in [0, 0.05) is 6.54 Å². The van der Waals surface area contributed by atoms with E-state index in [-0.39, 0.29) is 0 Å². The first-order valence-corrected chi connectivity index (χ1v) is 3.47. The zero-order valence-electron chi connectivity index (χ0n) is 6.52. The van der Waals surface area contributed by atoms with Gasteiger partial charge in [0.25, 0.3) is 0 Å². The second-order valence-corrected chi connectivity index (χ2v) is 2.87. The third-order valence-corrected chi connectivity index (χ3v) is 2.09. The first-order chi connectivity index (χ1) is 4.04. The molecular formula is C7H17NO. The van der Waals surface area contributed by atoms with Crippen LogP contribution in [0.1, 0.15) is 27.2 Å². The fraction of sp³-hybridized carbons (Fsp3) is 1.00. The summed E-state index contributed by atoms with van der Waals surface area (Å²) in [6.07, 6.45) is 0.976. The number of nitrogens with two attached hydrogens (primary N) is 1. The second-order valence-electron chi connectivity index (χ2n) is 2.87. The third-order valence-electron chi connectivity index (χ3n) is 2.09. The maximum Gasteiger partial charge on any atom is 0.0766 e. The molecule has 0 aliphatic heterocycles. The average Bonchev–Trinajstić information content (AvgIpc) is 1.86. The van der Waals surface area contributed by atoms with Crippen LogP contribution in [0.2, 0.25) is 0 Å². The van der Waals surface area contributed by atoms with Crippen molar-refractivity contribution in [2.24, 2.45) is 11.7 Å². The van der Waals surface area contributed by atoms with Crippen molar-refractivity contribution >= 4 is 0 Å². The van der Waals surface area contributed by atoms with Crippen molar-refractivity contribution in [1.82, 2.24) is 0 Å². The van der Waals surface area contributed by atoms with Gasteiger partial charge in [0.15, 0.2) is 0 Å². The summed E-state index contributed by atoms with van der Waals surface area (Å²) in [5.74, 6) is 0.294. The molecule has 3 N–H and O–H groups in total. The highest BCUT2D eigenvalue weighted by atomic mass is 16.3. The topological polar surface area (TPSA) is 46.2 Å². The lowest BCUT2D eigenvalue weighted by Crippen LogP contribution is -2.40. The van der Waals surface area contributed by atoms with Crippen LogP contribution in [0.4, 0.5) is 0 Å². The Balaban J connectivity index is 3.80. The molecule has 2 heteroatoms. The van der Waals surface area contributed by atoms with Gasteiger partial charge in [-0.25, -0.2) is 0 Å². The summed E-state index contributed by atoms with van der Waals surface area (Å²) < 4.78 is 0. The van der Waals surface area contributed by atoms with Crippen LogP contribution in [0.5, 0.6) is 0 Å². The Morgan fingerprint density at radius 2 is 2.11 bits per heavy atom. The number of hydrogen-bond donors (Lipinski definition) is 2. The molecule has 0 aromatic heterocycles. The summed E-state index contributed by atoms with van der Waals surface area (Å²) in [6.45, 7) is 6.19. The predicted octanol–water partition coefficient (Wildman–Crippen LogP) is 0.742. The Bertz CT molecular complexity index is 81.0. The van der Waals surface area contributed by atoms with Gasteiger partial charge < -0.3 is 10.8 Å². The third kappa shape index (κ3) is 2.33. The Morgan fingerprint density at radius 1 is 1.67 bits per heavy atom. The van der Waals surface area contributed by atoms with Gasteiger partial charge in [0.05, 0.1) is 5.60 Å². The van der Waals surface area contributed by atoms with E-state index < -0.39 is 5.60 Å². The van der Waals surface area contributed by atoms with Crippen molar-refractivity contribution in [1.29, 1.82) is 0 Å². The number of aliphatic hydroxyl groups is 1. The lowest BCUT2D eigenvalue weighted by Gasteiger charge is -2.27. The molecule has 0 saturated carbocycles. The van der Waals surface area contributed by atoms with Crippen LogP contribution in [-0.4, -0.2) is 17.3 Å². The summed E-state index contributed by atoms with van der Waals surface area (Å²) in [4.78, 5) is 0. The fourth-order valence-electron chi connectivity index (χ4n) is 0.641. The molecule has 0 rings (SSSR count). The van der Waals surface area contributed by atoms with E-state index in [2.05, 4.69) is 6.92 Å². The van der Waals surface area contributed by atoms with Crippen LogP contribution in [0.25, 0.3) is 0 Å².